The maximum Gasteiger partial charge on any atom is 0.282 e. The molecular formula is C11H15F2NO. The summed E-state index contributed by atoms with van der Waals surface area (Å²) in [6, 6.07) is 9.18. The van der Waals surface area contributed by atoms with Crippen LogP contribution in [0.2, 0.25) is 0 Å². The molecule has 0 aliphatic carbocycles. The Kier molecular flexibility index (Phi) is 4.17. The van der Waals surface area contributed by atoms with E-state index >= 15 is 0 Å². The Morgan fingerprint density at radius 2 is 1.93 bits per heavy atom. The first-order valence-electron chi connectivity index (χ1n) is 4.82. The van der Waals surface area contributed by atoms with Crippen molar-refractivity contribution in [3.05, 3.63) is 35.9 Å². The maximum atomic E-state index is 12.7. The monoisotopic (exact) mass is 215 g/mol. The molecule has 0 spiro atoms. The SMILES string of the molecule is CC(NCC(F)(F)CO)c1ccccc1. The van der Waals surface area contributed by atoms with Crippen molar-refractivity contribution < 1.29 is 13.9 Å². The van der Waals surface area contributed by atoms with Gasteiger partial charge in [0.05, 0.1) is 6.54 Å². The number of alkyl halides is 2. The number of benzene rings is 1. The molecule has 1 unspecified atom stereocenters. The summed E-state index contributed by atoms with van der Waals surface area (Å²) in [6.07, 6.45) is 0. The lowest BCUT2D eigenvalue weighted by atomic mass is 10.1. The molecule has 0 heterocycles. The second-order valence-corrected chi connectivity index (χ2v) is 3.53. The first-order chi connectivity index (χ1) is 7.05. The number of aliphatic hydroxyl groups excluding tert-OH is 1. The van der Waals surface area contributed by atoms with Gasteiger partial charge < -0.3 is 10.4 Å². The van der Waals surface area contributed by atoms with Gasteiger partial charge >= 0.3 is 0 Å². The van der Waals surface area contributed by atoms with E-state index in [1.807, 2.05) is 37.3 Å². The van der Waals surface area contributed by atoms with Crippen LogP contribution in [0.5, 0.6) is 0 Å². The molecule has 1 atom stereocenters. The fourth-order valence-corrected chi connectivity index (χ4v) is 1.22. The highest BCUT2D eigenvalue weighted by molar-refractivity contribution is 5.18. The summed E-state index contributed by atoms with van der Waals surface area (Å²) in [5, 5.41) is 11.1. The fourth-order valence-electron chi connectivity index (χ4n) is 1.22. The lowest BCUT2D eigenvalue weighted by molar-refractivity contribution is -0.0490. The first kappa shape index (κ1) is 12.1. The molecule has 0 saturated heterocycles. The fraction of sp³-hybridized carbons (Fsp3) is 0.455. The van der Waals surface area contributed by atoms with E-state index < -0.39 is 19.1 Å². The van der Waals surface area contributed by atoms with Crippen molar-refractivity contribution in [2.45, 2.75) is 18.9 Å². The zero-order valence-electron chi connectivity index (χ0n) is 8.58. The summed E-state index contributed by atoms with van der Waals surface area (Å²) in [6.45, 7) is 0.170. The molecule has 0 aliphatic rings. The largest absolute Gasteiger partial charge is 0.390 e. The smallest absolute Gasteiger partial charge is 0.282 e. The number of aliphatic hydroxyl groups is 1. The van der Waals surface area contributed by atoms with Crippen molar-refractivity contribution in [1.29, 1.82) is 0 Å². The van der Waals surface area contributed by atoms with Gasteiger partial charge in [0.2, 0.25) is 0 Å². The summed E-state index contributed by atoms with van der Waals surface area (Å²) in [7, 11) is 0. The summed E-state index contributed by atoms with van der Waals surface area (Å²) in [4.78, 5) is 0. The van der Waals surface area contributed by atoms with Gasteiger partial charge in [-0.05, 0) is 12.5 Å². The van der Waals surface area contributed by atoms with Crippen LogP contribution in [0.3, 0.4) is 0 Å². The molecule has 15 heavy (non-hydrogen) atoms. The van der Waals surface area contributed by atoms with Crippen LogP contribution in [0.25, 0.3) is 0 Å². The summed E-state index contributed by atoms with van der Waals surface area (Å²) in [5.41, 5.74) is 0.950. The molecule has 2 nitrogen and oxygen atoms in total. The average molecular weight is 215 g/mol. The van der Waals surface area contributed by atoms with E-state index in [9.17, 15) is 8.78 Å². The Morgan fingerprint density at radius 1 is 1.33 bits per heavy atom. The quantitative estimate of drug-likeness (QED) is 0.787. The van der Waals surface area contributed by atoms with Crippen LogP contribution < -0.4 is 5.32 Å². The molecule has 2 N–H and O–H groups in total. The Labute approximate surface area is 87.9 Å². The molecule has 0 aromatic heterocycles. The summed E-state index contributed by atoms with van der Waals surface area (Å²) >= 11 is 0. The van der Waals surface area contributed by atoms with Gasteiger partial charge in [-0.2, -0.15) is 0 Å². The zero-order valence-corrected chi connectivity index (χ0v) is 8.58. The van der Waals surface area contributed by atoms with Crippen molar-refractivity contribution in [2.75, 3.05) is 13.2 Å². The van der Waals surface area contributed by atoms with Gasteiger partial charge in [-0.3, -0.25) is 0 Å². The number of hydrogen-bond donors (Lipinski definition) is 2. The minimum absolute atomic E-state index is 0.149. The van der Waals surface area contributed by atoms with Crippen molar-refractivity contribution in [2.24, 2.45) is 0 Å². The van der Waals surface area contributed by atoms with Crippen LogP contribution >= 0.6 is 0 Å². The van der Waals surface area contributed by atoms with Crippen molar-refractivity contribution in [3.63, 3.8) is 0 Å². The highest BCUT2D eigenvalue weighted by Crippen LogP contribution is 2.15. The number of nitrogens with one attached hydrogen (secondary N) is 1. The van der Waals surface area contributed by atoms with E-state index in [0.717, 1.165) is 5.56 Å². The molecule has 0 saturated carbocycles. The number of halogens is 2. The normalized spacial score (nSPS) is 13.9. The summed E-state index contributed by atoms with van der Waals surface area (Å²) < 4.78 is 25.4. The third-order valence-electron chi connectivity index (χ3n) is 2.20. The van der Waals surface area contributed by atoms with Crippen molar-refractivity contribution >= 4 is 0 Å². The molecule has 1 aromatic rings. The Morgan fingerprint density at radius 3 is 2.47 bits per heavy atom. The van der Waals surface area contributed by atoms with E-state index in [4.69, 9.17) is 5.11 Å². The lowest BCUT2D eigenvalue weighted by Crippen LogP contribution is -2.37. The Hall–Kier alpha value is -1.00. The molecule has 0 amide bonds. The third-order valence-corrected chi connectivity index (χ3v) is 2.20. The first-order valence-corrected chi connectivity index (χ1v) is 4.82. The molecule has 84 valence electrons. The number of hydrogen-bond acceptors (Lipinski definition) is 2. The Bertz CT molecular complexity index is 290. The number of rotatable bonds is 5. The van der Waals surface area contributed by atoms with E-state index in [0.29, 0.717) is 0 Å². The molecule has 1 rings (SSSR count). The second kappa shape index (κ2) is 5.19. The predicted molar refractivity (Wildman–Crippen MR) is 54.9 cm³/mol. The van der Waals surface area contributed by atoms with Crippen LogP contribution in [-0.2, 0) is 0 Å². The lowest BCUT2D eigenvalue weighted by Gasteiger charge is -2.18. The van der Waals surface area contributed by atoms with Crippen LogP contribution in [-0.4, -0.2) is 24.2 Å². The average Bonchev–Trinajstić information content (AvgIpc) is 2.27. The van der Waals surface area contributed by atoms with E-state index in [2.05, 4.69) is 5.32 Å². The highest BCUT2D eigenvalue weighted by Gasteiger charge is 2.27. The standard InChI is InChI=1S/C11H15F2NO/c1-9(10-5-3-2-4-6-10)14-7-11(12,13)8-15/h2-6,9,14-15H,7-8H2,1H3. The van der Waals surface area contributed by atoms with E-state index in [1.54, 1.807) is 0 Å². The molecule has 0 radical (unpaired) electrons. The van der Waals surface area contributed by atoms with E-state index in [1.165, 1.54) is 0 Å². The minimum atomic E-state index is -3.05. The topological polar surface area (TPSA) is 32.3 Å². The van der Waals surface area contributed by atoms with Crippen molar-refractivity contribution in [3.8, 4) is 0 Å². The molecule has 0 bridgehead atoms. The van der Waals surface area contributed by atoms with Crippen molar-refractivity contribution in [1.82, 2.24) is 5.32 Å². The Balaban J connectivity index is 2.47. The maximum absolute atomic E-state index is 12.7. The van der Waals surface area contributed by atoms with Gasteiger partial charge in [0.25, 0.3) is 5.92 Å². The zero-order chi connectivity index (χ0) is 11.3. The molecule has 0 aliphatic heterocycles. The van der Waals surface area contributed by atoms with Crippen LogP contribution in [0.15, 0.2) is 30.3 Å². The molecule has 0 fully saturated rings. The van der Waals surface area contributed by atoms with Gasteiger partial charge in [-0.25, -0.2) is 8.78 Å². The third kappa shape index (κ3) is 3.93. The predicted octanol–water partition coefficient (Wildman–Crippen LogP) is 1.96. The molecule has 1 aromatic carbocycles. The van der Waals surface area contributed by atoms with Gasteiger partial charge in [0.15, 0.2) is 0 Å². The van der Waals surface area contributed by atoms with Crippen LogP contribution in [0.1, 0.15) is 18.5 Å². The highest BCUT2D eigenvalue weighted by atomic mass is 19.3. The van der Waals surface area contributed by atoms with Gasteiger partial charge in [-0.15, -0.1) is 0 Å². The van der Waals surface area contributed by atoms with Gasteiger partial charge in [0.1, 0.15) is 6.61 Å². The van der Waals surface area contributed by atoms with Gasteiger partial charge in [0, 0.05) is 6.04 Å². The second-order valence-electron chi connectivity index (χ2n) is 3.53. The van der Waals surface area contributed by atoms with Crippen LogP contribution in [0, 0.1) is 0 Å². The van der Waals surface area contributed by atoms with Crippen LogP contribution in [0.4, 0.5) is 8.78 Å². The van der Waals surface area contributed by atoms with E-state index in [-0.39, 0.29) is 6.04 Å². The van der Waals surface area contributed by atoms with Gasteiger partial charge in [-0.1, -0.05) is 30.3 Å². The molecule has 4 heteroatoms. The summed E-state index contributed by atoms with van der Waals surface area (Å²) in [5.74, 6) is -3.05. The molecular weight excluding hydrogens is 200 g/mol. The minimum Gasteiger partial charge on any atom is -0.390 e.